The van der Waals surface area contributed by atoms with Crippen molar-refractivity contribution in [2.75, 3.05) is 39.8 Å². The molecule has 1 saturated heterocycles. The van der Waals surface area contributed by atoms with E-state index >= 15 is 0 Å². The summed E-state index contributed by atoms with van der Waals surface area (Å²) in [6.45, 7) is 6.01. The van der Waals surface area contributed by atoms with Gasteiger partial charge >= 0.3 is 0 Å². The first-order valence-corrected chi connectivity index (χ1v) is 5.80. The highest BCUT2D eigenvalue weighted by Crippen LogP contribution is 1.94. The fraction of sp³-hybridized carbons (Fsp3) is 0.700. The highest BCUT2D eigenvalue weighted by Gasteiger charge is 2.16. The molecule has 1 aromatic heterocycles. The molecule has 1 aliphatic rings. The van der Waals surface area contributed by atoms with Crippen molar-refractivity contribution in [3.8, 4) is 0 Å². The number of hydrogen-bond donors (Lipinski definition) is 1. The standard InChI is InChI=1S/C10H17N5O2/c1-13-2-4-14(5-3-13)6-7-15-8-9(10(16)17)11-12-15/h8H,2-7H2,1H3,(H,16,17). The molecule has 94 valence electrons. The van der Waals surface area contributed by atoms with E-state index in [0.29, 0.717) is 6.54 Å². The van der Waals surface area contributed by atoms with Crippen molar-refractivity contribution in [2.45, 2.75) is 6.54 Å². The largest absolute Gasteiger partial charge is 0.543 e. The van der Waals surface area contributed by atoms with Crippen molar-refractivity contribution < 1.29 is 14.8 Å². The zero-order chi connectivity index (χ0) is 12.3. The Bertz CT molecular complexity index is 384. The van der Waals surface area contributed by atoms with Crippen molar-refractivity contribution in [1.29, 1.82) is 0 Å². The van der Waals surface area contributed by atoms with Crippen LogP contribution >= 0.6 is 0 Å². The summed E-state index contributed by atoms with van der Waals surface area (Å²) in [5, 5.41) is 17.8. The molecule has 0 unspecified atom stereocenters. The number of piperazine rings is 1. The maximum absolute atomic E-state index is 10.5. The number of nitrogens with zero attached hydrogens (tertiary/aromatic N) is 4. The molecule has 2 heterocycles. The summed E-state index contributed by atoms with van der Waals surface area (Å²) in [7, 11) is 2.20. The minimum Gasteiger partial charge on any atom is -0.543 e. The SMILES string of the molecule is C[NH+]1CCN(CCn2cc(C(=O)[O-])nn2)CC1. The van der Waals surface area contributed by atoms with Crippen LogP contribution in [0.2, 0.25) is 0 Å². The molecular formula is C10H17N5O2. The first-order valence-electron chi connectivity index (χ1n) is 5.80. The molecule has 1 N–H and O–H groups in total. The molecule has 2 rings (SSSR count). The van der Waals surface area contributed by atoms with Crippen LogP contribution in [-0.4, -0.2) is 65.6 Å². The Morgan fingerprint density at radius 2 is 2.18 bits per heavy atom. The van der Waals surface area contributed by atoms with Gasteiger partial charge in [0, 0.05) is 19.6 Å². The van der Waals surface area contributed by atoms with Crippen molar-refractivity contribution in [3.05, 3.63) is 11.9 Å². The Hall–Kier alpha value is -1.47. The van der Waals surface area contributed by atoms with E-state index < -0.39 is 5.97 Å². The van der Waals surface area contributed by atoms with E-state index in [-0.39, 0.29) is 5.69 Å². The lowest BCUT2D eigenvalue weighted by atomic mass is 10.3. The molecule has 1 aromatic rings. The molecule has 0 bridgehead atoms. The average molecular weight is 239 g/mol. The second kappa shape index (κ2) is 5.24. The Labute approximate surface area is 99.6 Å². The maximum atomic E-state index is 10.5. The highest BCUT2D eigenvalue weighted by atomic mass is 16.4. The second-order valence-corrected chi connectivity index (χ2v) is 4.45. The molecule has 0 aromatic carbocycles. The van der Waals surface area contributed by atoms with E-state index in [0.717, 1.165) is 32.7 Å². The Kier molecular flexibility index (Phi) is 3.70. The first-order chi connectivity index (χ1) is 8.15. The third kappa shape index (κ3) is 3.24. The van der Waals surface area contributed by atoms with Gasteiger partial charge in [-0.1, -0.05) is 5.21 Å². The molecule has 1 fully saturated rings. The van der Waals surface area contributed by atoms with Crippen molar-refractivity contribution in [2.24, 2.45) is 0 Å². The molecule has 17 heavy (non-hydrogen) atoms. The first kappa shape index (κ1) is 12.0. The van der Waals surface area contributed by atoms with Gasteiger partial charge in [0.15, 0.2) is 0 Å². The quantitative estimate of drug-likeness (QED) is 0.589. The van der Waals surface area contributed by atoms with Crippen LogP contribution in [0.4, 0.5) is 0 Å². The van der Waals surface area contributed by atoms with Gasteiger partial charge in [-0.3, -0.25) is 9.58 Å². The molecule has 1 aliphatic heterocycles. The third-order valence-electron chi connectivity index (χ3n) is 3.10. The van der Waals surface area contributed by atoms with Crippen molar-refractivity contribution in [3.63, 3.8) is 0 Å². The predicted octanol–water partition coefficient (Wildman–Crippen LogP) is -3.53. The van der Waals surface area contributed by atoms with Gasteiger partial charge in [-0.15, -0.1) is 5.10 Å². The monoisotopic (exact) mass is 239 g/mol. The number of likely N-dealkylation sites (N-methyl/N-ethyl adjacent to an activating group) is 1. The number of nitrogens with one attached hydrogen (secondary N) is 1. The Balaban J connectivity index is 1.79. The van der Waals surface area contributed by atoms with Crippen LogP contribution in [0.3, 0.4) is 0 Å². The predicted molar refractivity (Wildman–Crippen MR) is 57.4 cm³/mol. The zero-order valence-electron chi connectivity index (χ0n) is 9.93. The fourth-order valence-corrected chi connectivity index (χ4v) is 1.90. The van der Waals surface area contributed by atoms with Crippen LogP contribution in [0.25, 0.3) is 0 Å². The molecule has 0 saturated carbocycles. The number of carboxylic acid groups (broad SMARTS) is 1. The Morgan fingerprint density at radius 3 is 2.76 bits per heavy atom. The number of rotatable bonds is 4. The number of quaternary nitrogens is 1. The smallest absolute Gasteiger partial charge is 0.128 e. The van der Waals surface area contributed by atoms with E-state index in [4.69, 9.17) is 0 Å². The molecule has 7 nitrogen and oxygen atoms in total. The summed E-state index contributed by atoms with van der Waals surface area (Å²) in [5.41, 5.74) is -0.104. The van der Waals surface area contributed by atoms with E-state index in [1.165, 1.54) is 6.20 Å². The normalized spacial score (nSPS) is 18.4. The van der Waals surface area contributed by atoms with Crippen LogP contribution in [0.15, 0.2) is 6.20 Å². The topological polar surface area (TPSA) is 78.5 Å². The van der Waals surface area contributed by atoms with Gasteiger partial charge in [0.25, 0.3) is 0 Å². The van der Waals surface area contributed by atoms with Gasteiger partial charge in [0.1, 0.15) is 5.69 Å². The van der Waals surface area contributed by atoms with Crippen molar-refractivity contribution in [1.82, 2.24) is 19.9 Å². The lowest BCUT2D eigenvalue weighted by molar-refractivity contribution is -0.884. The Morgan fingerprint density at radius 1 is 1.47 bits per heavy atom. The lowest BCUT2D eigenvalue weighted by Gasteiger charge is -2.29. The minimum atomic E-state index is -1.28. The van der Waals surface area contributed by atoms with Crippen molar-refractivity contribution >= 4 is 5.97 Å². The van der Waals surface area contributed by atoms with Gasteiger partial charge in [-0.25, -0.2) is 0 Å². The van der Waals surface area contributed by atoms with E-state index in [9.17, 15) is 9.90 Å². The number of carbonyl (C=O) groups is 1. The average Bonchev–Trinajstić information content (AvgIpc) is 2.77. The van der Waals surface area contributed by atoms with E-state index in [2.05, 4.69) is 22.3 Å². The van der Waals surface area contributed by atoms with Crippen LogP contribution in [0.1, 0.15) is 10.5 Å². The van der Waals surface area contributed by atoms with E-state index in [1.54, 1.807) is 9.58 Å². The number of aromatic nitrogens is 3. The molecule has 7 heteroatoms. The molecule has 0 radical (unpaired) electrons. The summed E-state index contributed by atoms with van der Waals surface area (Å²) in [6, 6.07) is 0. The molecule has 0 atom stereocenters. The summed E-state index contributed by atoms with van der Waals surface area (Å²) < 4.78 is 1.55. The summed E-state index contributed by atoms with van der Waals surface area (Å²) >= 11 is 0. The summed E-state index contributed by atoms with van der Waals surface area (Å²) in [4.78, 5) is 14.4. The second-order valence-electron chi connectivity index (χ2n) is 4.45. The molecule has 0 aliphatic carbocycles. The maximum Gasteiger partial charge on any atom is 0.128 e. The van der Waals surface area contributed by atoms with Crippen LogP contribution in [-0.2, 0) is 6.54 Å². The number of aromatic carboxylic acids is 1. The van der Waals surface area contributed by atoms with Gasteiger partial charge in [-0.2, -0.15) is 0 Å². The van der Waals surface area contributed by atoms with Gasteiger partial charge < -0.3 is 14.8 Å². The van der Waals surface area contributed by atoms with Crippen LogP contribution < -0.4 is 10.0 Å². The molecule has 0 spiro atoms. The number of carbonyl (C=O) groups excluding carboxylic acids is 1. The van der Waals surface area contributed by atoms with Crippen LogP contribution in [0, 0.1) is 0 Å². The molecular weight excluding hydrogens is 222 g/mol. The van der Waals surface area contributed by atoms with Crippen LogP contribution in [0.5, 0.6) is 0 Å². The highest BCUT2D eigenvalue weighted by molar-refractivity contribution is 5.82. The lowest BCUT2D eigenvalue weighted by Crippen LogP contribution is -3.12. The number of carboxylic acids is 1. The van der Waals surface area contributed by atoms with E-state index in [1.807, 2.05) is 0 Å². The van der Waals surface area contributed by atoms with Gasteiger partial charge in [0.05, 0.1) is 38.8 Å². The fourth-order valence-electron chi connectivity index (χ4n) is 1.90. The number of hydrogen-bond acceptors (Lipinski definition) is 5. The summed E-state index contributed by atoms with van der Waals surface area (Å²) in [6.07, 6.45) is 1.41. The minimum absolute atomic E-state index is 0.104. The van der Waals surface area contributed by atoms with Gasteiger partial charge in [-0.05, 0) is 0 Å². The third-order valence-corrected chi connectivity index (χ3v) is 3.10. The summed E-state index contributed by atoms with van der Waals surface area (Å²) in [5.74, 6) is -1.28. The molecule has 0 amide bonds. The zero-order valence-corrected chi connectivity index (χ0v) is 9.93. The van der Waals surface area contributed by atoms with Gasteiger partial charge in [0.2, 0.25) is 0 Å².